The van der Waals surface area contributed by atoms with Crippen molar-refractivity contribution in [2.45, 2.75) is 5.41 Å². The molecule has 0 saturated heterocycles. The lowest BCUT2D eigenvalue weighted by Gasteiger charge is -2.45. The van der Waals surface area contributed by atoms with Crippen molar-refractivity contribution in [3.05, 3.63) is 295 Å². The molecule has 2 aliphatic rings. The highest BCUT2D eigenvalue weighted by Gasteiger charge is 2.51. The van der Waals surface area contributed by atoms with E-state index in [1.165, 1.54) is 132 Å². The fourth-order valence-electron chi connectivity index (χ4n) is 14.1. The molecule has 15 aromatic rings. The van der Waals surface area contributed by atoms with Gasteiger partial charge in [-0.15, -0.1) is 0 Å². The first-order chi connectivity index (χ1) is 37.7. The molecule has 0 fully saturated rings. The Morgan fingerprint density at radius 1 is 0.237 bits per heavy atom. The maximum atomic E-state index is 2.51. The molecule has 2 aromatic heterocycles. The van der Waals surface area contributed by atoms with Crippen molar-refractivity contribution in [3.63, 3.8) is 0 Å². The van der Waals surface area contributed by atoms with Gasteiger partial charge in [-0.1, -0.05) is 194 Å². The van der Waals surface area contributed by atoms with Gasteiger partial charge in [-0.25, -0.2) is 0 Å². The Morgan fingerprint density at radius 2 is 0.724 bits per heavy atom. The van der Waals surface area contributed by atoms with Gasteiger partial charge < -0.3 is 14.0 Å². The molecule has 0 unspecified atom stereocenters. The summed E-state index contributed by atoms with van der Waals surface area (Å²) in [4.78, 5) is 2.45. The maximum absolute atomic E-state index is 2.51. The number of anilines is 3. The van der Waals surface area contributed by atoms with E-state index in [1.807, 2.05) is 0 Å². The van der Waals surface area contributed by atoms with Gasteiger partial charge in [0.1, 0.15) is 0 Å². The number of rotatable bonds is 4. The van der Waals surface area contributed by atoms with Gasteiger partial charge in [-0.2, -0.15) is 0 Å². The van der Waals surface area contributed by atoms with Crippen LogP contribution in [0.15, 0.2) is 273 Å². The molecule has 3 heterocycles. The zero-order valence-electron chi connectivity index (χ0n) is 41.3. The van der Waals surface area contributed by atoms with Crippen LogP contribution in [0.2, 0.25) is 0 Å². The van der Waals surface area contributed by atoms with Gasteiger partial charge in [-0.3, -0.25) is 0 Å². The molecule has 76 heavy (non-hydrogen) atoms. The summed E-state index contributed by atoms with van der Waals surface area (Å²) in [7, 11) is 0. The highest BCUT2D eigenvalue weighted by atomic mass is 15.2. The molecule has 0 amide bonds. The summed E-state index contributed by atoms with van der Waals surface area (Å²) >= 11 is 0. The third-order valence-electron chi connectivity index (χ3n) is 17.1. The summed E-state index contributed by atoms with van der Waals surface area (Å²) in [5.74, 6) is 0. The fourth-order valence-corrected chi connectivity index (χ4v) is 14.1. The molecule has 1 aliphatic heterocycles. The van der Waals surface area contributed by atoms with Gasteiger partial charge in [0.15, 0.2) is 0 Å². The molecule has 13 aromatic carbocycles. The van der Waals surface area contributed by atoms with Gasteiger partial charge in [0.05, 0.1) is 38.9 Å². The lowest BCUT2D eigenvalue weighted by molar-refractivity contribution is 0.752. The molecule has 0 radical (unpaired) electrons. The minimum absolute atomic E-state index is 0.556. The number of para-hydroxylation sites is 5. The molecule has 0 saturated carbocycles. The first-order valence-corrected chi connectivity index (χ1v) is 26.4. The molecule has 352 valence electrons. The van der Waals surface area contributed by atoms with Crippen LogP contribution in [0.5, 0.6) is 0 Å². The van der Waals surface area contributed by atoms with Crippen LogP contribution in [0, 0.1) is 0 Å². The third-order valence-corrected chi connectivity index (χ3v) is 17.1. The second-order valence-corrected chi connectivity index (χ2v) is 20.7. The van der Waals surface area contributed by atoms with Crippen LogP contribution in [0.4, 0.5) is 17.1 Å². The zero-order chi connectivity index (χ0) is 49.6. The normalized spacial score (nSPS) is 13.3. The molecule has 3 nitrogen and oxygen atoms in total. The average Bonchev–Trinajstić information content (AvgIpc) is 4.30. The van der Waals surface area contributed by atoms with E-state index >= 15 is 0 Å². The SMILES string of the molecule is c1ccc(N2c3ccccc3C3(c4ccccc4-c4ccc(-n5c6ccccc6c6cc(-c7cccc8c7c7ccccc7n8-c7ccc8c9ccccc9c9ccccc9c8c7)ccc65)cc43)c3ccccc32)cc1. The van der Waals surface area contributed by atoms with Crippen LogP contribution in [0.25, 0.3) is 110 Å². The average molecular weight is 964 g/mol. The molecular weight excluding hydrogens is 919 g/mol. The van der Waals surface area contributed by atoms with E-state index in [0.29, 0.717) is 0 Å². The molecular formula is C73H45N3. The number of benzene rings is 13. The standard InChI is InChI=1S/C73H45N3/c1-2-19-47(20-3-1)74-69-34-16-12-30-63(69)73(64-31-13-17-35-70(64)74)62-29-11-8-25-56(62)57-41-39-49(45-65(57)73)75-66-32-14-9-26-58(66)61-43-46(37-42-68(61)75)50-28-18-36-71-72(50)59-27-10-15-33-67(59)76(71)48-38-40-55-53-23-5-4-21-51(53)52-22-6-7-24-54(52)60(55)44-48/h1-45H. The molecule has 0 bridgehead atoms. The van der Waals surface area contributed by atoms with Gasteiger partial charge in [0, 0.05) is 38.6 Å². The van der Waals surface area contributed by atoms with Crippen molar-refractivity contribution in [3.8, 4) is 33.6 Å². The number of hydrogen-bond donors (Lipinski definition) is 0. The number of hydrogen-bond acceptors (Lipinski definition) is 1. The Hall–Kier alpha value is -9.96. The lowest BCUT2D eigenvalue weighted by atomic mass is 9.64. The molecule has 1 spiro atoms. The largest absolute Gasteiger partial charge is 0.310 e. The van der Waals surface area contributed by atoms with Gasteiger partial charge in [0.25, 0.3) is 0 Å². The highest BCUT2D eigenvalue weighted by molar-refractivity contribution is 6.26. The van der Waals surface area contributed by atoms with Crippen LogP contribution >= 0.6 is 0 Å². The first-order valence-electron chi connectivity index (χ1n) is 26.4. The van der Waals surface area contributed by atoms with Gasteiger partial charge >= 0.3 is 0 Å². The van der Waals surface area contributed by atoms with E-state index < -0.39 is 5.41 Å². The Balaban J connectivity index is 0.861. The number of aromatic nitrogens is 2. The van der Waals surface area contributed by atoms with Gasteiger partial charge in [0.2, 0.25) is 0 Å². The van der Waals surface area contributed by atoms with Crippen LogP contribution in [-0.2, 0) is 5.41 Å². The van der Waals surface area contributed by atoms with Crippen LogP contribution < -0.4 is 4.90 Å². The van der Waals surface area contributed by atoms with E-state index in [4.69, 9.17) is 0 Å². The van der Waals surface area contributed by atoms with Crippen molar-refractivity contribution in [1.29, 1.82) is 0 Å². The summed E-state index contributed by atoms with van der Waals surface area (Å²) in [6, 6.07) is 102. The smallest absolute Gasteiger partial charge is 0.0755 e. The van der Waals surface area contributed by atoms with Crippen LogP contribution in [0.1, 0.15) is 22.3 Å². The summed E-state index contributed by atoms with van der Waals surface area (Å²) in [6.07, 6.45) is 0. The van der Waals surface area contributed by atoms with E-state index in [0.717, 1.165) is 17.1 Å². The predicted octanol–water partition coefficient (Wildman–Crippen LogP) is 19.2. The second kappa shape index (κ2) is 15.5. The molecule has 0 N–H and O–H groups in total. The molecule has 3 heteroatoms. The summed E-state index contributed by atoms with van der Waals surface area (Å²) in [5, 5.41) is 12.6. The molecule has 17 rings (SSSR count). The predicted molar refractivity (Wildman–Crippen MR) is 319 cm³/mol. The van der Waals surface area contributed by atoms with Crippen molar-refractivity contribution >= 4 is 93.0 Å². The maximum Gasteiger partial charge on any atom is 0.0755 e. The topological polar surface area (TPSA) is 13.1 Å². The highest BCUT2D eigenvalue weighted by Crippen LogP contribution is 2.63. The zero-order valence-corrected chi connectivity index (χ0v) is 41.3. The Kier molecular flexibility index (Phi) is 8.48. The van der Waals surface area contributed by atoms with Crippen LogP contribution in [-0.4, -0.2) is 9.13 Å². The Morgan fingerprint density at radius 3 is 1.45 bits per heavy atom. The van der Waals surface area contributed by atoms with Crippen molar-refractivity contribution < 1.29 is 0 Å². The minimum atomic E-state index is -0.556. The summed E-state index contributed by atoms with van der Waals surface area (Å²) in [6.45, 7) is 0. The number of nitrogens with zero attached hydrogens (tertiary/aromatic N) is 3. The Bertz CT molecular complexity index is 4870. The summed E-state index contributed by atoms with van der Waals surface area (Å²) in [5.41, 5.74) is 20.2. The fraction of sp³-hybridized carbons (Fsp3) is 0.0137. The molecule has 1 aliphatic carbocycles. The van der Waals surface area contributed by atoms with Crippen molar-refractivity contribution in [1.82, 2.24) is 9.13 Å². The van der Waals surface area contributed by atoms with E-state index in [-0.39, 0.29) is 0 Å². The monoisotopic (exact) mass is 963 g/mol. The quantitative estimate of drug-likeness (QED) is 0.160. The number of fused-ring (bicyclic) bond motifs is 21. The second-order valence-electron chi connectivity index (χ2n) is 20.7. The van der Waals surface area contributed by atoms with Gasteiger partial charge in [-0.05, 0) is 156 Å². The van der Waals surface area contributed by atoms with Crippen molar-refractivity contribution in [2.24, 2.45) is 0 Å². The van der Waals surface area contributed by atoms with Crippen molar-refractivity contribution in [2.75, 3.05) is 4.90 Å². The third kappa shape index (κ3) is 5.45. The summed E-state index contributed by atoms with van der Waals surface area (Å²) < 4.78 is 4.98. The Labute approximate surface area is 439 Å². The minimum Gasteiger partial charge on any atom is -0.310 e. The van der Waals surface area contributed by atoms with Crippen LogP contribution in [0.3, 0.4) is 0 Å². The molecule has 0 atom stereocenters. The van der Waals surface area contributed by atoms with E-state index in [9.17, 15) is 0 Å². The van der Waals surface area contributed by atoms with E-state index in [2.05, 4.69) is 287 Å². The lowest BCUT2D eigenvalue weighted by Crippen LogP contribution is -2.36. The van der Waals surface area contributed by atoms with E-state index in [1.54, 1.807) is 0 Å². The first kappa shape index (κ1) is 41.5.